The molecule has 1 heterocycles. The molecule has 0 aromatic carbocycles. The summed E-state index contributed by atoms with van der Waals surface area (Å²) in [5.41, 5.74) is -0.673. The number of carboxylic acid groups (broad SMARTS) is 1. The third-order valence-electron chi connectivity index (χ3n) is 2.62. The Hall–Kier alpha value is -1.99. The fraction of sp³-hybridized carbons (Fsp3) is 0.500. The molecule has 0 bridgehead atoms. The van der Waals surface area contributed by atoms with Gasteiger partial charge in [-0.3, -0.25) is 0 Å². The molecule has 5 nitrogen and oxygen atoms in total. The molecule has 0 saturated carbocycles. The highest BCUT2D eigenvalue weighted by atomic mass is 19.4. The highest BCUT2D eigenvalue weighted by molar-refractivity contribution is 5.95. The summed E-state index contributed by atoms with van der Waals surface area (Å²) in [7, 11) is 0. The van der Waals surface area contributed by atoms with Gasteiger partial charge in [0.05, 0.1) is 11.5 Å². The minimum absolute atomic E-state index is 0.0389. The monoisotopic (exact) mass is 292 g/mol. The number of alkyl halides is 3. The molecule has 0 amide bonds. The SMILES string of the molecule is CC(C)CC1C(C(=O)[O-])=CNC=C1C(=O)OC(F)(F)F. The van der Waals surface area contributed by atoms with Crippen LogP contribution >= 0.6 is 0 Å². The van der Waals surface area contributed by atoms with Crippen LogP contribution in [0.1, 0.15) is 20.3 Å². The number of carbonyl (C=O) groups excluding carboxylic acids is 2. The van der Waals surface area contributed by atoms with Crippen molar-refractivity contribution in [2.75, 3.05) is 0 Å². The summed E-state index contributed by atoms with van der Waals surface area (Å²) in [6.07, 6.45) is -2.84. The first kappa shape index (κ1) is 16.1. The number of rotatable bonds is 4. The predicted octanol–water partition coefficient (Wildman–Crippen LogP) is 0.833. The van der Waals surface area contributed by atoms with Crippen molar-refractivity contribution >= 4 is 11.9 Å². The fourth-order valence-corrected chi connectivity index (χ4v) is 1.88. The summed E-state index contributed by atoms with van der Waals surface area (Å²) in [6.45, 7) is 3.50. The van der Waals surface area contributed by atoms with Gasteiger partial charge < -0.3 is 20.0 Å². The first-order valence-electron chi connectivity index (χ1n) is 5.79. The average molecular weight is 292 g/mol. The molecular formula is C12H13F3NO4-. The van der Waals surface area contributed by atoms with Crippen LogP contribution in [0.25, 0.3) is 0 Å². The van der Waals surface area contributed by atoms with Crippen molar-refractivity contribution in [1.29, 1.82) is 0 Å². The molecule has 20 heavy (non-hydrogen) atoms. The molecule has 0 fully saturated rings. The maximum absolute atomic E-state index is 12.1. The van der Waals surface area contributed by atoms with Gasteiger partial charge in [0.15, 0.2) is 0 Å². The summed E-state index contributed by atoms with van der Waals surface area (Å²) in [6, 6.07) is 0. The van der Waals surface area contributed by atoms with Crippen LogP contribution in [0, 0.1) is 11.8 Å². The predicted molar refractivity (Wildman–Crippen MR) is 59.4 cm³/mol. The lowest BCUT2D eigenvalue weighted by Crippen LogP contribution is -2.36. The number of hydrogen-bond donors (Lipinski definition) is 1. The zero-order valence-corrected chi connectivity index (χ0v) is 10.8. The first-order valence-corrected chi connectivity index (χ1v) is 5.79. The van der Waals surface area contributed by atoms with E-state index in [2.05, 4.69) is 10.1 Å². The Morgan fingerprint density at radius 3 is 2.35 bits per heavy atom. The molecule has 1 aliphatic rings. The van der Waals surface area contributed by atoms with Crippen molar-refractivity contribution in [2.24, 2.45) is 11.8 Å². The molecule has 112 valence electrons. The zero-order chi connectivity index (χ0) is 15.5. The summed E-state index contributed by atoms with van der Waals surface area (Å²) < 4.78 is 39.5. The lowest BCUT2D eigenvalue weighted by atomic mass is 9.83. The fourth-order valence-electron chi connectivity index (χ4n) is 1.88. The number of carbonyl (C=O) groups is 2. The van der Waals surface area contributed by atoms with Gasteiger partial charge in [-0.2, -0.15) is 0 Å². The number of hydrogen-bond acceptors (Lipinski definition) is 5. The van der Waals surface area contributed by atoms with Crippen LogP contribution in [0.15, 0.2) is 23.5 Å². The van der Waals surface area contributed by atoms with E-state index in [9.17, 15) is 27.9 Å². The van der Waals surface area contributed by atoms with Crippen LogP contribution in [0.3, 0.4) is 0 Å². The third-order valence-corrected chi connectivity index (χ3v) is 2.62. The molecule has 1 atom stereocenters. The van der Waals surface area contributed by atoms with Crippen molar-refractivity contribution in [1.82, 2.24) is 5.32 Å². The Morgan fingerprint density at radius 1 is 1.35 bits per heavy atom. The topological polar surface area (TPSA) is 78.5 Å². The molecule has 0 spiro atoms. The number of nitrogens with one attached hydrogen (secondary N) is 1. The third kappa shape index (κ3) is 4.29. The number of esters is 1. The molecule has 1 N–H and O–H groups in total. The molecule has 1 aliphatic heterocycles. The van der Waals surface area contributed by atoms with Gasteiger partial charge in [0.2, 0.25) is 0 Å². The molecule has 0 aromatic rings. The summed E-state index contributed by atoms with van der Waals surface area (Å²) in [5.74, 6) is -4.21. The van der Waals surface area contributed by atoms with Gasteiger partial charge in [-0.25, -0.2) is 4.79 Å². The van der Waals surface area contributed by atoms with Crippen LogP contribution in [-0.2, 0) is 14.3 Å². The zero-order valence-electron chi connectivity index (χ0n) is 10.8. The van der Waals surface area contributed by atoms with E-state index in [0.29, 0.717) is 0 Å². The second-order valence-electron chi connectivity index (χ2n) is 4.67. The van der Waals surface area contributed by atoms with Crippen LogP contribution in [0.5, 0.6) is 0 Å². The maximum atomic E-state index is 12.1. The number of dihydropyridines is 1. The van der Waals surface area contributed by atoms with Gasteiger partial charge in [0.25, 0.3) is 0 Å². The highest BCUT2D eigenvalue weighted by Gasteiger charge is 2.38. The average Bonchev–Trinajstić information content (AvgIpc) is 2.25. The largest absolute Gasteiger partial charge is 0.575 e. The second kappa shape index (κ2) is 5.98. The van der Waals surface area contributed by atoms with Gasteiger partial charge in [0.1, 0.15) is 0 Å². The van der Waals surface area contributed by atoms with Crippen LogP contribution in [0.2, 0.25) is 0 Å². The molecular weight excluding hydrogens is 279 g/mol. The second-order valence-corrected chi connectivity index (χ2v) is 4.67. The van der Waals surface area contributed by atoms with Crippen molar-refractivity contribution in [3.05, 3.63) is 23.5 Å². The van der Waals surface area contributed by atoms with Gasteiger partial charge in [-0.05, 0) is 17.9 Å². The van der Waals surface area contributed by atoms with Gasteiger partial charge in [-0.1, -0.05) is 13.8 Å². The van der Waals surface area contributed by atoms with Crippen molar-refractivity contribution in [2.45, 2.75) is 26.6 Å². The van der Waals surface area contributed by atoms with E-state index < -0.39 is 29.8 Å². The van der Waals surface area contributed by atoms with Crippen LogP contribution in [0.4, 0.5) is 13.2 Å². The quantitative estimate of drug-likeness (QED) is 0.777. The number of aliphatic carboxylic acids is 1. The highest BCUT2D eigenvalue weighted by Crippen LogP contribution is 2.31. The minimum Gasteiger partial charge on any atom is -0.545 e. The Bertz CT molecular complexity index is 466. The molecule has 0 radical (unpaired) electrons. The van der Waals surface area contributed by atoms with E-state index in [1.54, 1.807) is 13.8 Å². The standard InChI is InChI=1S/C12H14F3NO4/c1-6(2)3-7-8(10(17)18)4-16-5-9(7)11(19)20-12(13,14)15/h4-7,16H,3H2,1-2H3,(H,17,18)/p-1. The molecule has 0 aromatic heterocycles. The van der Waals surface area contributed by atoms with Gasteiger partial charge >= 0.3 is 12.3 Å². The number of halogens is 3. The Labute approximate surface area is 113 Å². The molecule has 8 heteroatoms. The van der Waals surface area contributed by atoms with Gasteiger partial charge in [-0.15, -0.1) is 13.2 Å². The minimum atomic E-state index is -5.12. The van der Waals surface area contributed by atoms with E-state index in [-0.39, 0.29) is 17.9 Å². The Kier molecular flexibility index (Phi) is 4.80. The van der Waals surface area contributed by atoms with Gasteiger partial charge in [0, 0.05) is 18.3 Å². The number of ether oxygens (including phenoxy) is 1. The van der Waals surface area contributed by atoms with E-state index in [4.69, 9.17) is 0 Å². The summed E-state index contributed by atoms with van der Waals surface area (Å²) in [5, 5.41) is 13.3. The summed E-state index contributed by atoms with van der Waals surface area (Å²) in [4.78, 5) is 22.5. The van der Waals surface area contributed by atoms with Crippen molar-refractivity contribution in [3.8, 4) is 0 Å². The first-order chi connectivity index (χ1) is 9.11. The molecule has 1 rings (SSSR count). The molecule has 0 saturated heterocycles. The van der Waals surface area contributed by atoms with Crippen LogP contribution < -0.4 is 10.4 Å². The molecule has 1 unspecified atom stereocenters. The van der Waals surface area contributed by atoms with Crippen molar-refractivity contribution in [3.63, 3.8) is 0 Å². The smallest absolute Gasteiger partial charge is 0.545 e. The normalized spacial score (nSPS) is 19.0. The van der Waals surface area contributed by atoms with E-state index in [1.807, 2.05) is 0 Å². The van der Waals surface area contributed by atoms with Crippen LogP contribution in [-0.4, -0.2) is 18.3 Å². The van der Waals surface area contributed by atoms with Crippen molar-refractivity contribution < 1.29 is 32.6 Å². The van der Waals surface area contributed by atoms with E-state index >= 15 is 0 Å². The van der Waals surface area contributed by atoms with E-state index in [0.717, 1.165) is 12.4 Å². The maximum Gasteiger partial charge on any atom is 0.575 e. The lowest BCUT2D eigenvalue weighted by molar-refractivity contribution is -0.303. The molecule has 0 aliphatic carbocycles. The lowest BCUT2D eigenvalue weighted by Gasteiger charge is -2.27. The Balaban J connectivity index is 3.01. The van der Waals surface area contributed by atoms with E-state index in [1.165, 1.54) is 0 Å². The summed E-state index contributed by atoms with van der Waals surface area (Å²) >= 11 is 0. The number of carboxylic acids is 1. The Morgan fingerprint density at radius 2 is 1.90 bits per heavy atom.